The van der Waals surface area contributed by atoms with Crippen molar-refractivity contribution in [2.75, 3.05) is 0 Å². The van der Waals surface area contributed by atoms with E-state index in [9.17, 15) is 13.2 Å². The monoisotopic (exact) mass is 323 g/mol. The maximum Gasteiger partial charge on any atom is 3.00 e. The molecule has 0 bridgehead atoms. The van der Waals surface area contributed by atoms with E-state index in [1.165, 1.54) is 18.2 Å². The average molecular weight is 323 g/mol. The van der Waals surface area contributed by atoms with Crippen LogP contribution >= 0.6 is 0 Å². The van der Waals surface area contributed by atoms with Crippen molar-refractivity contribution in [3.63, 3.8) is 0 Å². The van der Waals surface area contributed by atoms with Crippen LogP contribution in [-0.4, -0.2) is 0 Å². The van der Waals surface area contributed by atoms with Crippen molar-refractivity contribution in [3.05, 3.63) is 84.5 Å². The summed E-state index contributed by atoms with van der Waals surface area (Å²) < 4.78 is 35.3. The molecule has 0 amide bonds. The Morgan fingerprint density at radius 1 is 0.905 bits per heavy atom. The second-order valence-corrected chi connectivity index (χ2v) is 3.78. The molecule has 1 aromatic carbocycles. The largest absolute Gasteiger partial charge is 3.00 e. The Hall–Kier alpha value is -1.32. The molecule has 1 radical (unpaired) electrons. The molecule has 3 rings (SSSR count). The van der Waals surface area contributed by atoms with Crippen molar-refractivity contribution in [3.8, 4) is 0 Å². The van der Waals surface area contributed by atoms with E-state index in [2.05, 4.69) is 30.4 Å². The summed E-state index contributed by atoms with van der Waals surface area (Å²) in [6.07, 6.45) is 15.7. The molecule has 2 aliphatic carbocycles. The molecular formula is C17H14F3Ti. The predicted molar refractivity (Wildman–Crippen MR) is 73.4 cm³/mol. The van der Waals surface area contributed by atoms with E-state index >= 15 is 0 Å². The summed E-state index contributed by atoms with van der Waals surface area (Å²) in [6, 6.07) is 7.14. The minimum absolute atomic E-state index is 0. The van der Waals surface area contributed by atoms with E-state index in [1.807, 2.05) is 24.3 Å². The summed E-state index contributed by atoms with van der Waals surface area (Å²) in [4.78, 5) is 0. The summed E-state index contributed by atoms with van der Waals surface area (Å²) in [7, 11) is 0. The number of alkyl halides is 3. The number of hydrogen-bond donors (Lipinski definition) is 0. The van der Waals surface area contributed by atoms with Crippen LogP contribution < -0.4 is 0 Å². The van der Waals surface area contributed by atoms with E-state index in [0.29, 0.717) is 0 Å². The minimum atomic E-state index is -4.26. The van der Waals surface area contributed by atoms with Crippen molar-refractivity contribution in [1.29, 1.82) is 0 Å². The number of allylic oxidation sites excluding steroid dienone is 8. The first-order chi connectivity index (χ1) is 9.61. The van der Waals surface area contributed by atoms with Gasteiger partial charge in [0.1, 0.15) is 0 Å². The SMILES string of the molecule is FC(F)(F)c1[c-]cccc1.[C-]1=CC=CC1.[C-]1=CC=CC1.[Ti+3]. The number of rotatable bonds is 0. The van der Waals surface area contributed by atoms with Crippen molar-refractivity contribution in [2.24, 2.45) is 0 Å². The zero-order chi connectivity index (χ0) is 14.7. The molecule has 4 heteroatoms. The van der Waals surface area contributed by atoms with Crippen molar-refractivity contribution in [2.45, 2.75) is 19.0 Å². The van der Waals surface area contributed by atoms with Gasteiger partial charge in [0.25, 0.3) is 0 Å². The fourth-order valence-electron chi connectivity index (χ4n) is 1.25. The van der Waals surface area contributed by atoms with Crippen LogP contribution in [0.5, 0.6) is 0 Å². The Morgan fingerprint density at radius 2 is 1.48 bits per heavy atom. The van der Waals surface area contributed by atoms with Gasteiger partial charge in [0.05, 0.1) is 0 Å². The molecule has 0 N–H and O–H groups in total. The van der Waals surface area contributed by atoms with Crippen molar-refractivity contribution >= 4 is 0 Å². The second-order valence-electron chi connectivity index (χ2n) is 3.78. The van der Waals surface area contributed by atoms with Crippen LogP contribution in [0.15, 0.2) is 60.7 Å². The Kier molecular flexibility index (Phi) is 10.6. The van der Waals surface area contributed by atoms with Crippen LogP contribution in [-0.2, 0) is 27.9 Å². The van der Waals surface area contributed by atoms with Gasteiger partial charge in [0.15, 0.2) is 0 Å². The van der Waals surface area contributed by atoms with Crippen LogP contribution in [0.1, 0.15) is 18.4 Å². The molecule has 0 unspecified atom stereocenters. The van der Waals surface area contributed by atoms with E-state index in [0.717, 1.165) is 18.9 Å². The van der Waals surface area contributed by atoms with Gasteiger partial charge in [0.2, 0.25) is 0 Å². The predicted octanol–water partition coefficient (Wildman–Crippen LogP) is 5.11. The summed E-state index contributed by atoms with van der Waals surface area (Å²) >= 11 is 0. The fraction of sp³-hybridized carbons (Fsp3) is 0.176. The first kappa shape index (κ1) is 19.7. The number of hydrogen-bond acceptors (Lipinski definition) is 0. The average Bonchev–Trinajstić information content (AvgIpc) is 3.17. The summed E-state index contributed by atoms with van der Waals surface area (Å²) in [5.41, 5.74) is -0.727. The smallest absolute Gasteiger partial charge is 0.273 e. The van der Waals surface area contributed by atoms with Gasteiger partial charge in [0, 0.05) is 0 Å². The molecule has 0 saturated heterocycles. The van der Waals surface area contributed by atoms with Crippen LogP contribution in [0, 0.1) is 18.2 Å². The summed E-state index contributed by atoms with van der Waals surface area (Å²) in [6.45, 7) is 0. The van der Waals surface area contributed by atoms with Gasteiger partial charge in [-0.1, -0.05) is 5.56 Å². The van der Waals surface area contributed by atoms with Crippen LogP contribution in [0.25, 0.3) is 0 Å². The summed E-state index contributed by atoms with van der Waals surface area (Å²) in [5.74, 6) is 0. The van der Waals surface area contributed by atoms with E-state index in [-0.39, 0.29) is 21.7 Å². The van der Waals surface area contributed by atoms with E-state index < -0.39 is 11.7 Å². The third-order valence-electron chi connectivity index (χ3n) is 2.19. The fourth-order valence-corrected chi connectivity index (χ4v) is 1.25. The number of benzene rings is 1. The van der Waals surface area contributed by atoms with Gasteiger partial charge in [-0.15, -0.1) is 12.8 Å². The molecule has 21 heavy (non-hydrogen) atoms. The molecule has 0 aromatic heterocycles. The van der Waals surface area contributed by atoms with E-state index in [1.54, 1.807) is 0 Å². The Morgan fingerprint density at radius 3 is 1.67 bits per heavy atom. The maximum absolute atomic E-state index is 11.8. The molecule has 0 atom stereocenters. The van der Waals surface area contributed by atoms with Gasteiger partial charge in [-0.25, -0.2) is 24.3 Å². The normalized spacial score (nSPS) is 13.9. The Labute approximate surface area is 138 Å². The van der Waals surface area contributed by atoms with Crippen molar-refractivity contribution in [1.82, 2.24) is 0 Å². The molecule has 107 valence electrons. The van der Waals surface area contributed by atoms with Crippen LogP contribution in [0.2, 0.25) is 0 Å². The second kappa shape index (κ2) is 11.4. The zero-order valence-electron chi connectivity index (χ0n) is 11.3. The third kappa shape index (κ3) is 10.1. The molecule has 0 heterocycles. The molecule has 0 aliphatic heterocycles. The molecule has 0 saturated carbocycles. The molecule has 0 spiro atoms. The van der Waals surface area contributed by atoms with Crippen LogP contribution in [0.4, 0.5) is 13.2 Å². The number of halogens is 3. The first-order valence-corrected chi connectivity index (χ1v) is 6.08. The van der Waals surface area contributed by atoms with Gasteiger partial charge >= 0.3 is 27.9 Å². The Balaban J connectivity index is 0.000000307. The maximum atomic E-state index is 11.8. The van der Waals surface area contributed by atoms with Gasteiger partial charge in [-0.05, 0) is 0 Å². The quantitative estimate of drug-likeness (QED) is 0.459. The molecule has 0 nitrogen and oxygen atoms in total. The topological polar surface area (TPSA) is 0 Å². The standard InChI is InChI=1S/C7H4F3.2C5H5.Ti/c8-7(9,10)6-4-2-1-3-5-6;2*1-2-4-5-3-1;/h1-4H;2*1-3H,4H2;/q3*-1;+3. The first-order valence-electron chi connectivity index (χ1n) is 6.08. The third-order valence-corrected chi connectivity index (χ3v) is 2.19. The van der Waals surface area contributed by atoms with Crippen LogP contribution in [0.3, 0.4) is 0 Å². The minimum Gasteiger partial charge on any atom is -0.273 e. The van der Waals surface area contributed by atoms with Gasteiger partial charge < -0.3 is 0 Å². The van der Waals surface area contributed by atoms with Gasteiger partial charge in [-0.2, -0.15) is 55.7 Å². The summed E-state index contributed by atoms with van der Waals surface area (Å²) in [5, 5.41) is 0. The van der Waals surface area contributed by atoms with Crippen molar-refractivity contribution < 1.29 is 34.9 Å². The van der Waals surface area contributed by atoms with E-state index in [4.69, 9.17) is 0 Å². The molecule has 0 fully saturated rings. The molecule has 1 aromatic rings. The Bertz CT molecular complexity index is 441. The molecular weight excluding hydrogens is 309 g/mol. The zero-order valence-corrected chi connectivity index (χ0v) is 12.9. The van der Waals surface area contributed by atoms with Gasteiger partial charge in [-0.3, -0.25) is 12.2 Å². The molecule has 2 aliphatic rings.